The summed E-state index contributed by atoms with van der Waals surface area (Å²) in [6, 6.07) is 5.07. The van der Waals surface area contributed by atoms with E-state index in [4.69, 9.17) is 9.47 Å². The van der Waals surface area contributed by atoms with Crippen molar-refractivity contribution in [2.75, 3.05) is 41.4 Å². The van der Waals surface area contributed by atoms with Gasteiger partial charge >= 0.3 is 5.97 Å². The van der Waals surface area contributed by atoms with Crippen LogP contribution in [0.2, 0.25) is 0 Å². The van der Waals surface area contributed by atoms with Crippen LogP contribution in [0.3, 0.4) is 0 Å². The summed E-state index contributed by atoms with van der Waals surface area (Å²) >= 11 is 0. The molecule has 1 rings (SSSR count). The van der Waals surface area contributed by atoms with Crippen LogP contribution >= 0.6 is 0 Å². The van der Waals surface area contributed by atoms with Gasteiger partial charge in [0.1, 0.15) is 13.2 Å². The van der Waals surface area contributed by atoms with Crippen LogP contribution in [-0.4, -0.2) is 57.0 Å². The molecular formula is C15H24NO4+. The van der Waals surface area contributed by atoms with E-state index in [9.17, 15) is 9.90 Å². The second-order valence-electron chi connectivity index (χ2n) is 5.74. The van der Waals surface area contributed by atoms with Gasteiger partial charge in [-0.25, -0.2) is 0 Å². The number of hydrogen-bond donors (Lipinski definition) is 1. The number of benzene rings is 1. The molecule has 0 aromatic heterocycles. The van der Waals surface area contributed by atoms with Crippen molar-refractivity contribution >= 4 is 5.97 Å². The zero-order chi connectivity index (χ0) is 15.2. The fraction of sp³-hybridized carbons (Fsp3) is 0.533. The molecule has 20 heavy (non-hydrogen) atoms. The Morgan fingerprint density at radius 1 is 1.30 bits per heavy atom. The third-order valence-electron chi connectivity index (χ3n) is 2.89. The van der Waals surface area contributed by atoms with Gasteiger partial charge in [0.05, 0.1) is 28.3 Å². The summed E-state index contributed by atoms with van der Waals surface area (Å²) in [7, 11) is 7.65. The SMILES string of the molecule is COc1cc(CCC(=O)OCC[N+](C)(C)C)ccc1O. The molecule has 1 aromatic carbocycles. The molecule has 0 fully saturated rings. The second-order valence-corrected chi connectivity index (χ2v) is 5.74. The number of quaternary nitrogens is 1. The molecule has 0 aliphatic rings. The van der Waals surface area contributed by atoms with Crippen LogP contribution in [-0.2, 0) is 16.0 Å². The van der Waals surface area contributed by atoms with E-state index < -0.39 is 0 Å². The average molecular weight is 282 g/mol. The zero-order valence-electron chi connectivity index (χ0n) is 12.7. The quantitative estimate of drug-likeness (QED) is 0.609. The summed E-state index contributed by atoms with van der Waals surface area (Å²) < 4.78 is 11.0. The maximum Gasteiger partial charge on any atom is 0.306 e. The molecule has 0 unspecified atom stereocenters. The predicted octanol–water partition coefficient (Wildman–Crippen LogP) is 1.58. The van der Waals surface area contributed by atoms with Gasteiger partial charge in [0.15, 0.2) is 11.5 Å². The molecule has 1 aromatic rings. The Bertz CT molecular complexity index is 452. The fourth-order valence-electron chi connectivity index (χ4n) is 1.63. The minimum Gasteiger partial charge on any atom is -0.504 e. The molecular weight excluding hydrogens is 258 g/mol. The zero-order valence-corrected chi connectivity index (χ0v) is 12.7. The summed E-state index contributed by atoms with van der Waals surface area (Å²) in [5, 5.41) is 9.49. The Balaban J connectivity index is 2.37. The molecule has 0 saturated carbocycles. The van der Waals surface area contributed by atoms with E-state index in [0.29, 0.717) is 25.2 Å². The van der Waals surface area contributed by atoms with Crippen molar-refractivity contribution in [3.63, 3.8) is 0 Å². The van der Waals surface area contributed by atoms with Crippen molar-refractivity contribution in [2.45, 2.75) is 12.8 Å². The van der Waals surface area contributed by atoms with Crippen LogP contribution in [0, 0.1) is 0 Å². The molecule has 0 aliphatic heterocycles. The van der Waals surface area contributed by atoms with Crippen LogP contribution in [0.4, 0.5) is 0 Å². The molecule has 5 nitrogen and oxygen atoms in total. The number of ether oxygens (including phenoxy) is 2. The van der Waals surface area contributed by atoms with Gasteiger partial charge in [-0.1, -0.05) is 6.07 Å². The number of phenolic OH excluding ortho intramolecular Hbond substituents is 1. The molecule has 0 spiro atoms. The number of phenols is 1. The van der Waals surface area contributed by atoms with E-state index in [1.807, 2.05) is 0 Å². The maximum absolute atomic E-state index is 11.6. The molecule has 0 heterocycles. The van der Waals surface area contributed by atoms with Crippen molar-refractivity contribution in [1.29, 1.82) is 0 Å². The third-order valence-corrected chi connectivity index (χ3v) is 2.89. The summed E-state index contributed by atoms with van der Waals surface area (Å²) in [5.74, 6) is 0.313. The highest BCUT2D eigenvalue weighted by atomic mass is 16.5. The first-order valence-electron chi connectivity index (χ1n) is 6.64. The first-order chi connectivity index (χ1) is 9.31. The Morgan fingerprint density at radius 3 is 2.60 bits per heavy atom. The lowest BCUT2D eigenvalue weighted by Gasteiger charge is -2.23. The van der Waals surface area contributed by atoms with E-state index in [1.54, 1.807) is 18.2 Å². The molecule has 0 saturated heterocycles. The molecule has 0 bridgehead atoms. The third kappa shape index (κ3) is 5.93. The topological polar surface area (TPSA) is 55.8 Å². The Labute approximate surface area is 120 Å². The molecule has 112 valence electrons. The van der Waals surface area contributed by atoms with Crippen LogP contribution in [0.1, 0.15) is 12.0 Å². The smallest absolute Gasteiger partial charge is 0.306 e. The van der Waals surface area contributed by atoms with Gasteiger partial charge in [-0.2, -0.15) is 0 Å². The molecule has 0 radical (unpaired) electrons. The molecule has 0 amide bonds. The van der Waals surface area contributed by atoms with Crippen LogP contribution in [0.5, 0.6) is 11.5 Å². The van der Waals surface area contributed by atoms with Crippen molar-refractivity contribution in [3.8, 4) is 11.5 Å². The molecule has 0 aliphatic carbocycles. The minimum atomic E-state index is -0.203. The molecule has 1 N–H and O–H groups in total. The Kier molecular flexibility index (Phi) is 5.82. The van der Waals surface area contributed by atoms with E-state index in [-0.39, 0.29) is 11.7 Å². The first kappa shape index (κ1) is 16.3. The number of nitrogens with zero attached hydrogens (tertiary/aromatic N) is 1. The number of rotatable bonds is 7. The molecule has 0 atom stereocenters. The standard InChI is InChI=1S/C15H23NO4/c1-16(2,3)9-10-20-15(18)8-6-12-5-7-13(17)14(11-12)19-4/h5,7,11H,6,8-10H2,1-4H3/p+1. The van der Waals surface area contributed by atoms with E-state index in [2.05, 4.69) is 21.1 Å². The lowest BCUT2D eigenvalue weighted by molar-refractivity contribution is -0.870. The maximum atomic E-state index is 11.6. The largest absolute Gasteiger partial charge is 0.504 e. The number of carbonyl (C=O) groups excluding carboxylic acids is 1. The van der Waals surface area contributed by atoms with E-state index in [0.717, 1.165) is 16.6 Å². The number of likely N-dealkylation sites (N-methyl/N-ethyl adjacent to an activating group) is 1. The summed E-state index contributed by atoms with van der Waals surface area (Å²) in [6.45, 7) is 1.22. The van der Waals surface area contributed by atoms with Gasteiger partial charge in [-0.3, -0.25) is 4.79 Å². The van der Waals surface area contributed by atoms with Crippen molar-refractivity contribution in [3.05, 3.63) is 23.8 Å². The van der Waals surface area contributed by atoms with E-state index >= 15 is 0 Å². The van der Waals surface area contributed by atoms with E-state index in [1.165, 1.54) is 7.11 Å². The lowest BCUT2D eigenvalue weighted by Crippen LogP contribution is -2.38. The Hall–Kier alpha value is -1.75. The van der Waals surface area contributed by atoms with Gasteiger partial charge in [0.2, 0.25) is 0 Å². The van der Waals surface area contributed by atoms with Crippen LogP contribution in [0.25, 0.3) is 0 Å². The highest BCUT2D eigenvalue weighted by molar-refractivity contribution is 5.69. The van der Waals surface area contributed by atoms with Gasteiger partial charge in [0, 0.05) is 6.42 Å². The predicted molar refractivity (Wildman–Crippen MR) is 76.8 cm³/mol. The number of carbonyl (C=O) groups is 1. The van der Waals surface area contributed by atoms with Gasteiger partial charge in [-0.15, -0.1) is 0 Å². The van der Waals surface area contributed by atoms with Gasteiger partial charge in [-0.05, 0) is 24.1 Å². The summed E-state index contributed by atoms with van der Waals surface area (Å²) in [6.07, 6.45) is 0.894. The average Bonchev–Trinajstić information content (AvgIpc) is 2.36. The van der Waals surface area contributed by atoms with Crippen molar-refractivity contribution in [1.82, 2.24) is 0 Å². The molecule has 5 heteroatoms. The summed E-state index contributed by atoms with van der Waals surface area (Å²) in [5.41, 5.74) is 0.934. The fourth-order valence-corrected chi connectivity index (χ4v) is 1.63. The summed E-state index contributed by atoms with van der Waals surface area (Å²) in [4.78, 5) is 11.6. The number of aromatic hydroxyl groups is 1. The van der Waals surface area contributed by atoms with Crippen LogP contribution in [0.15, 0.2) is 18.2 Å². The first-order valence-corrected chi connectivity index (χ1v) is 6.64. The monoisotopic (exact) mass is 282 g/mol. The lowest BCUT2D eigenvalue weighted by atomic mass is 10.1. The van der Waals surface area contributed by atoms with Crippen molar-refractivity contribution < 1.29 is 23.9 Å². The highest BCUT2D eigenvalue weighted by Gasteiger charge is 2.10. The minimum absolute atomic E-state index is 0.0989. The normalized spacial score (nSPS) is 11.2. The second kappa shape index (κ2) is 7.14. The van der Waals surface area contributed by atoms with Crippen LogP contribution < -0.4 is 4.74 Å². The highest BCUT2D eigenvalue weighted by Crippen LogP contribution is 2.26. The number of hydrogen-bond acceptors (Lipinski definition) is 4. The number of aryl methyl sites for hydroxylation is 1. The van der Waals surface area contributed by atoms with Gasteiger partial charge < -0.3 is 19.1 Å². The Morgan fingerprint density at radius 2 is 2.00 bits per heavy atom. The number of esters is 1. The van der Waals surface area contributed by atoms with Gasteiger partial charge in [0.25, 0.3) is 0 Å². The van der Waals surface area contributed by atoms with Crippen molar-refractivity contribution in [2.24, 2.45) is 0 Å². The number of methoxy groups -OCH3 is 1.